The van der Waals surface area contributed by atoms with Crippen molar-refractivity contribution in [1.29, 1.82) is 0 Å². The van der Waals surface area contributed by atoms with Gasteiger partial charge in [0.05, 0.1) is 43.6 Å². The third-order valence-electron chi connectivity index (χ3n) is 4.52. The normalized spacial score (nSPS) is 21.4. The Kier molecular flexibility index (Phi) is 6.43. The second-order valence-corrected chi connectivity index (χ2v) is 21.1. The van der Waals surface area contributed by atoms with Gasteiger partial charge in [0.25, 0.3) is 0 Å². The lowest BCUT2D eigenvalue weighted by Gasteiger charge is -2.08. The Balaban J connectivity index is 1.37. The van der Waals surface area contributed by atoms with Crippen LogP contribution in [0.2, 0.25) is 0 Å². The van der Waals surface area contributed by atoms with Gasteiger partial charge in [-0.25, -0.2) is 0 Å². The lowest BCUT2D eigenvalue weighted by molar-refractivity contribution is 1.45. The summed E-state index contributed by atoms with van der Waals surface area (Å²) in [6.45, 7) is 0. The van der Waals surface area contributed by atoms with E-state index in [2.05, 4.69) is 0 Å². The van der Waals surface area contributed by atoms with Crippen LogP contribution in [0.1, 0.15) is 0 Å². The number of rotatable bonds is 0. The zero-order valence-electron chi connectivity index (χ0n) is 15.5. The summed E-state index contributed by atoms with van der Waals surface area (Å²) in [6, 6.07) is 0. The molecule has 2 nitrogen and oxygen atoms in total. The third-order valence-corrected chi connectivity index (χ3v) is 22.3. The van der Waals surface area contributed by atoms with Crippen molar-refractivity contribution >= 4 is 148 Å². The molecule has 0 saturated carbocycles. The van der Waals surface area contributed by atoms with Gasteiger partial charge in [-0.15, -0.1) is 92.4 Å². The van der Waals surface area contributed by atoms with Crippen LogP contribution in [0.3, 0.4) is 0 Å². The smallest absolute Gasteiger partial charge is 0.216 e. The van der Waals surface area contributed by atoms with Gasteiger partial charge >= 0.3 is 0 Å². The van der Waals surface area contributed by atoms with Gasteiger partial charge in [-0.1, -0.05) is 47.0 Å². The van der Waals surface area contributed by atoms with Crippen LogP contribution < -0.4 is 18.5 Å². The Morgan fingerprint density at radius 3 is 0.969 bits per heavy atom. The average molecular weight is 641 g/mol. The van der Waals surface area contributed by atoms with Gasteiger partial charge in [0, 0.05) is 23.0 Å². The van der Waals surface area contributed by atoms with E-state index in [4.69, 9.17) is 0 Å². The predicted octanol–water partition coefficient (Wildman–Crippen LogP) is 6.41. The fraction of sp³-hybridized carbons (Fsp3) is 0.222. The first kappa shape index (κ1) is 22.6. The van der Waals surface area contributed by atoms with E-state index in [1.165, 1.54) is 70.8 Å². The third kappa shape index (κ3) is 3.82. The summed E-state index contributed by atoms with van der Waals surface area (Å²) in [7, 11) is 0. The summed E-state index contributed by atoms with van der Waals surface area (Å²) in [5.74, 6) is 4.62. The van der Waals surface area contributed by atoms with E-state index < -0.39 is 0 Å². The molecule has 0 aromatic carbocycles. The van der Waals surface area contributed by atoms with E-state index in [9.17, 15) is 9.59 Å². The summed E-state index contributed by atoms with van der Waals surface area (Å²) in [4.78, 5) is 26.8. The molecule has 0 N–H and O–H groups in total. The van der Waals surface area contributed by atoms with Crippen molar-refractivity contribution in [1.82, 2.24) is 0 Å². The topological polar surface area (TPSA) is 34.1 Å². The maximum Gasteiger partial charge on any atom is 0.216 e. The molecule has 0 saturated heterocycles. The molecule has 164 valence electrons. The zero-order valence-corrected chi connectivity index (χ0v) is 25.3. The molecule has 0 bridgehead atoms. The molecule has 6 aliphatic heterocycles. The van der Waals surface area contributed by atoms with Crippen LogP contribution in [0.5, 0.6) is 0 Å². The standard InChI is InChI=1S/C18H8O2S12/c19-5-7-8(26-15(25-7)17-29-11-12(30-17)22-2-1-21-11)6(20)10-9(5)27-16(28-10)18-31-13-14(32-18)24-4-3-23-13/h1-4H2. The second kappa shape index (κ2) is 9.09. The molecule has 14 heteroatoms. The Morgan fingerprint density at radius 2 is 0.688 bits per heavy atom. The highest BCUT2D eigenvalue weighted by atomic mass is 32.3. The van der Waals surface area contributed by atoms with E-state index in [1.807, 2.05) is 94.1 Å². The lowest BCUT2D eigenvalue weighted by atomic mass is 10.4. The highest BCUT2D eigenvalue weighted by Gasteiger charge is 2.27. The Hall–Kier alpha value is 1.46. The van der Waals surface area contributed by atoms with Crippen molar-refractivity contribution in [2.24, 2.45) is 0 Å². The van der Waals surface area contributed by atoms with Crippen LogP contribution in [0.15, 0.2) is 26.5 Å². The lowest BCUT2D eigenvalue weighted by Crippen LogP contribution is -2.11. The molecule has 0 aromatic heterocycles. The number of hydrogen-bond acceptors (Lipinski definition) is 14. The van der Waals surface area contributed by atoms with Crippen LogP contribution in [-0.4, -0.2) is 23.0 Å². The first-order chi connectivity index (χ1) is 15.7. The Labute approximate surface area is 231 Å². The fourth-order valence-corrected chi connectivity index (χ4v) is 20.9. The minimum absolute atomic E-state index is 0.0414. The highest BCUT2D eigenvalue weighted by molar-refractivity contribution is 8.47. The van der Waals surface area contributed by atoms with Gasteiger partial charge in [0.2, 0.25) is 10.9 Å². The summed E-state index contributed by atoms with van der Waals surface area (Å²) in [6.07, 6.45) is 0. The van der Waals surface area contributed by atoms with Gasteiger partial charge < -0.3 is 0 Å². The van der Waals surface area contributed by atoms with E-state index in [0.717, 1.165) is 30.7 Å². The second-order valence-electron chi connectivity index (χ2n) is 6.48. The van der Waals surface area contributed by atoms with Crippen molar-refractivity contribution in [2.75, 3.05) is 23.0 Å². The van der Waals surface area contributed by atoms with Crippen molar-refractivity contribution in [3.05, 3.63) is 63.2 Å². The van der Waals surface area contributed by atoms with Gasteiger partial charge in [0.15, 0.2) is 0 Å². The van der Waals surface area contributed by atoms with Crippen molar-refractivity contribution in [3.8, 4) is 0 Å². The SMILES string of the molecule is O=c1c2sc(=C3SC4=C(SCCS4)S3)sc=2c(=O)c2sc(=C3SC4=C(SCCS4)S3)sc1=2. The molecule has 0 spiro atoms. The minimum Gasteiger partial charge on any atom is -0.287 e. The van der Waals surface area contributed by atoms with Crippen LogP contribution in [0.25, 0.3) is 8.47 Å². The van der Waals surface area contributed by atoms with Gasteiger partial charge in [-0.2, -0.15) is 0 Å². The van der Waals surface area contributed by atoms with Crippen molar-refractivity contribution in [3.63, 3.8) is 0 Å². The van der Waals surface area contributed by atoms with Gasteiger partial charge in [-0.3, -0.25) is 9.59 Å². The predicted molar refractivity (Wildman–Crippen MR) is 161 cm³/mol. The average Bonchev–Trinajstić information content (AvgIpc) is 3.59. The van der Waals surface area contributed by atoms with Crippen molar-refractivity contribution < 1.29 is 0 Å². The zero-order chi connectivity index (χ0) is 21.4. The molecule has 0 atom stereocenters. The first-order valence-electron chi connectivity index (χ1n) is 9.15. The summed E-state index contributed by atoms with van der Waals surface area (Å²) in [5.41, 5.74) is 0.0828. The molecule has 0 aromatic rings. The maximum absolute atomic E-state index is 13.4. The minimum atomic E-state index is 0.0414. The summed E-state index contributed by atoms with van der Waals surface area (Å²) in [5, 5.41) is 0. The van der Waals surface area contributed by atoms with Crippen LogP contribution in [0, 0.1) is 18.1 Å². The molecular weight excluding hydrogens is 633 g/mol. The largest absolute Gasteiger partial charge is 0.287 e. The number of hydrogen-bond donors (Lipinski definition) is 0. The molecule has 0 unspecified atom stereocenters. The van der Waals surface area contributed by atoms with E-state index >= 15 is 0 Å². The summed E-state index contributed by atoms with van der Waals surface area (Å²) >= 11 is 21.0. The monoisotopic (exact) mass is 640 g/mol. The molecule has 32 heavy (non-hydrogen) atoms. The van der Waals surface area contributed by atoms with E-state index in [0.29, 0.717) is 18.1 Å². The molecule has 7 rings (SSSR count). The molecule has 0 amide bonds. The highest BCUT2D eigenvalue weighted by Crippen LogP contribution is 2.60. The van der Waals surface area contributed by atoms with Crippen LogP contribution in [-0.2, 0) is 0 Å². The van der Waals surface area contributed by atoms with E-state index in [1.54, 1.807) is 0 Å². The van der Waals surface area contributed by atoms with Gasteiger partial charge in [0.1, 0.15) is 7.69 Å². The molecule has 7 aliphatic rings. The van der Waals surface area contributed by atoms with Crippen LogP contribution >= 0.6 is 139 Å². The molecule has 0 radical (unpaired) electrons. The fourth-order valence-electron chi connectivity index (χ4n) is 3.17. The number of thioether (sulfide) groups is 8. The first-order valence-corrected chi connectivity index (χ1v) is 19.6. The summed E-state index contributed by atoms with van der Waals surface area (Å²) < 4.78 is 12.8. The molecule has 0 fully saturated rings. The maximum atomic E-state index is 13.4. The quantitative estimate of drug-likeness (QED) is 0.275. The van der Waals surface area contributed by atoms with Crippen molar-refractivity contribution in [2.45, 2.75) is 0 Å². The molecular formula is C18H8O2S12. The molecule has 1 aliphatic carbocycles. The molecule has 6 heterocycles. The van der Waals surface area contributed by atoms with E-state index in [-0.39, 0.29) is 10.9 Å². The van der Waals surface area contributed by atoms with Crippen LogP contribution in [0.4, 0.5) is 0 Å². The Bertz CT molecular complexity index is 1490. The van der Waals surface area contributed by atoms with Gasteiger partial charge in [-0.05, 0) is 0 Å². The Morgan fingerprint density at radius 1 is 0.406 bits per heavy atom.